The van der Waals surface area contributed by atoms with E-state index < -0.39 is 23.9 Å². The van der Waals surface area contributed by atoms with E-state index in [0.717, 1.165) is 9.28 Å². The highest BCUT2D eigenvalue weighted by atomic mass is 35.5. The van der Waals surface area contributed by atoms with Crippen molar-refractivity contribution in [1.82, 2.24) is 3.97 Å². The van der Waals surface area contributed by atoms with Crippen LogP contribution in [0.2, 0.25) is 5.02 Å². The normalized spacial score (nSPS) is 12.7. The first-order valence-corrected chi connectivity index (χ1v) is 12.7. The van der Waals surface area contributed by atoms with Crippen molar-refractivity contribution in [3.8, 4) is 0 Å². The third-order valence-corrected chi connectivity index (χ3v) is 8.44. The molecule has 152 valence electrons. The third-order valence-electron chi connectivity index (χ3n) is 4.41. The summed E-state index contributed by atoms with van der Waals surface area (Å²) in [5.41, 5.74) is 0.433. The summed E-state index contributed by atoms with van der Waals surface area (Å²) in [6.45, 7) is 7.35. The fourth-order valence-electron chi connectivity index (χ4n) is 3.23. The van der Waals surface area contributed by atoms with Crippen LogP contribution in [0.5, 0.6) is 0 Å². The lowest BCUT2D eigenvalue weighted by atomic mass is 10.2. The number of hydrogen-bond acceptors (Lipinski definition) is 4. The van der Waals surface area contributed by atoms with Gasteiger partial charge in [-0.3, -0.25) is 0 Å². The first-order valence-electron chi connectivity index (χ1n) is 8.95. The van der Waals surface area contributed by atoms with Gasteiger partial charge in [0.1, 0.15) is 0 Å². The summed E-state index contributed by atoms with van der Waals surface area (Å²) in [6.07, 6.45) is 1.30. The minimum Gasteiger partial charge on any atom is -0.461 e. The van der Waals surface area contributed by atoms with Crippen LogP contribution in [-0.4, -0.2) is 37.4 Å². The smallest absolute Gasteiger partial charge is 0.356 e. The quantitative estimate of drug-likeness (QED) is 0.312. The van der Waals surface area contributed by atoms with Crippen molar-refractivity contribution >= 4 is 57.0 Å². The number of rotatable bonds is 7. The van der Waals surface area contributed by atoms with E-state index in [4.69, 9.17) is 16.3 Å². The van der Waals surface area contributed by atoms with E-state index in [0.29, 0.717) is 21.2 Å². The summed E-state index contributed by atoms with van der Waals surface area (Å²) >= 11 is 6.24. The van der Waals surface area contributed by atoms with E-state index in [1.165, 1.54) is 6.08 Å². The average Bonchev–Trinajstić information content (AvgIpc) is 3.03. The maximum Gasteiger partial charge on any atom is 0.356 e. The largest absolute Gasteiger partial charge is 0.461 e. The van der Waals surface area contributed by atoms with Gasteiger partial charge in [-0.15, -0.1) is 6.58 Å². The predicted molar refractivity (Wildman–Crippen MR) is 121 cm³/mol. The van der Waals surface area contributed by atoms with Crippen molar-refractivity contribution in [2.45, 2.75) is 6.92 Å². The van der Waals surface area contributed by atoms with Crippen LogP contribution < -0.4 is 10.6 Å². The molecule has 5 nitrogen and oxygen atoms in total. The minimum atomic E-state index is -3.87. The van der Waals surface area contributed by atoms with E-state index in [1.807, 2.05) is 37.0 Å². The molecule has 0 saturated carbocycles. The van der Waals surface area contributed by atoms with Crippen molar-refractivity contribution < 1.29 is 17.9 Å². The first kappa shape index (κ1) is 21.6. The van der Waals surface area contributed by atoms with Gasteiger partial charge >= 0.3 is 5.97 Å². The molecular formula is C21H21ClNO4PS. The highest BCUT2D eigenvalue weighted by Gasteiger charge is 2.32. The van der Waals surface area contributed by atoms with E-state index in [9.17, 15) is 13.2 Å². The van der Waals surface area contributed by atoms with Gasteiger partial charge in [0.05, 0.1) is 17.9 Å². The molecule has 3 rings (SSSR count). The highest BCUT2D eigenvalue weighted by Crippen LogP contribution is 2.37. The molecule has 29 heavy (non-hydrogen) atoms. The lowest BCUT2D eigenvalue weighted by molar-refractivity contribution is 0.0520. The number of benzene rings is 2. The second-order valence-corrected chi connectivity index (χ2v) is 10.7. The van der Waals surface area contributed by atoms with Crippen LogP contribution in [0.4, 0.5) is 0 Å². The number of carbonyl (C=O) groups is 1. The fraction of sp³-hybridized carbons (Fsp3) is 0.190. The molecular weight excluding hydrogens is 429 g/mol. The molecule has 0 aliphatic rings. The number of fused-ring (bicyclic) bond motifs is 1. The SMILES string of the molecule is C=CCS(=O)(=O)n1c(C(=O)OCC)c(P(C)c2ccccc2)c2cc(Cl)ccc21. The Balaban J connectivity index is 2.45. The number of esters is 1. The monoisotopic (exact) mass is 449 g/mol. The first-order chi connectivity index (χ1) is 13.8. The number of carbonyl (C=O) groups excluding carboxylic acids is 1. The Hall–Kier alpha value is -2.14. The summed E-state index contributed by atoms with van der Waals surface area (Å²) in [6, 6.07) is 14.6. The number of hydrogen-bond donors (Lipinski definition) is 0. The van der Waals surface area contributed by atoms with Crippen molar-refractivity contribution in [2.75, 3.05) is 19.0 Å². The summed E-state index contributed by atoms with van der Waals surface area (Å²) in [7, 11) is -4.93. The van der Waals surface area contributed by atoms with Crippen molar-refractivity contribution in [3.05, 3.63) is 71.9 Å². The molecule has 1 atom stereocenters. The molecule has 2 aromatic carbocycles. The molecule has 0 aliphatic heterocycles. The third kappa shape index (κ3) is 4.11. The number of ether oxygens (including phenoxy) is 1. The Morgan fingerprint density at radius 3 is 2.55 bits per heavy atom. The Labute approximate surface area is 176 Å². The van der Waals surface area contributed by atoms with Crippen molar-refractivity contribution in [2.24, 2.45) is 0 Å². The van der Waals surface area contributed by atoms with E-state index >= 15 is 0 Å². The molecule has 1 heterocycles. The maximum atomic E-state index is 13.1. The summed E-state index contributed by atoms with van der Waals surface area (Å²) in [5.74, 6) is -0.981. The van der Waals surface area contributed by atoms with Gasteiger partial charge in [0.25, 0.3) is 0 Å². The zero-order chi connectivity index (χ0) is 21.2. The van der Waals surface area contributed by atoms with Crippen LogP contribution in [0.1, 0.15) is 17.4 Å². The average molecular weight is 450 g/mol. The molecule has 0 N–H and O–H groups in total. The van der Waals surface area contributed by atoms with Crippen LogP contribution in [0.3, 0.4) is 0 Å². The number of nitrogens with zero attached hydrogens (tertiary/aromatic N) is 1. The Morgan fingerprint density at radius 2 is 1.93 bits per heavy atom. The van der Waals surface area contributed by atoms with E-state index in [1.54, 1.807) is 25.1 Å². The van der Waals surface area contributed by atoms with E-state index in [-0.39, 0.29) is 18.1 Å². The van der Waals surface area contributed by atoms with Gasteiger partial charge in [-0.2, -0.15) is 0 Å². The van der Waals surface area contributed by atoms with Gasteiger partial charge in [0, 0.05) is 15.7 Å². The van der Waals surface area contributed by atoms with Gasteiger partial charge in [-0.25, -0.2) is 17.2 Å². The molecule has 8 heteroatoms. The summed E-state index contributed by atoms with van der Waals surface area (Å²) < 4.78 is 32.5. The van der Waals surface area contributed by atoms with Gasteiger partial charge < -0.3 is 4.74 Å². The zero-order valence-electron chi connectivity index (χ0n) is 16.1. The Bertz CT molecular complexity index is 1170. The summed E-state index contributed by atoms with van der Waals surface area (Å²) in [5, 5.41) is 2.73. The maximum absolute atomic E-state index is 13.1. The highest BCUT2D eigenvalue weighted by molar-refractivity contribution is 7.90. The second kappa shape index (κ2) is 8.70. The molecule has 0 amide bonds. The van der Waals surface area contributed by atoms with Gasteiger partial charge in [-0.1, -0.05) is 48.0 Å². The molecule has 1 aromatic heterocycles. The number of halogens is 1. The van der Waals surface area contributed by atoms with Crippen LogP contribution in [0.15, 0.2) is 61.2 Å². The minimum absolute atomic E-state index is 0.0310. The molecule has 3 aromatic rings. The van der Waals surface area contributed by atoms with Gasteiger partial charge in [0.15, 0.2) is 5.69 Å². The lowest BCUT2D eigenvalue weighted by Gasteiger charge is -2.16. The fourth-order valence-corrected chi connectivity index (χ4v) is 6.75. The van der Waals surface area contributed by atoms with Crippen LogP contribution >= 0.6 is 19.5 Å². The van der Waals surface area contributed by atoms with Gasteiger partial charge in [-0.05, 0) is 45.0 Å². The molecule has 0 spiro atoms. The second-order valence-electron chi connectivity index (χ2n) is 6.31. The van der Waals surface area contributed by atoms with E-state index in [2.05, 4.69) is 6.58 Å². The molecule has 0 fully saturated rings. The Morgan fingerprint density at radius 1 is 1.24 bits per heavy atom. The molecule has 0 radical (unpaired) electrons. The van der Waals surface area contributed by atoms with Crippen LogP contribution in [-0.2, 0) is 14.8 Å². The molecule has 0 aliphatic carbocycles. The topological polar surface area (TPSA) is 65.4 Å². The van der Waals surface area contributed by atoms with Gasteiger partial charge in [0.2, 0.25) is 10.0 Å². The predicted octanol–water partition coefficient (Wildman–Crippen LogP) is 3.90. The summed E-state index contributed by atoms with van der Waals surface area (Å²) in [4.78, 5) is 13.0. The molecule has 0 saturated heterocycles. The standard InChI is InChI=1S/C21H21ClNO4PS/c1-4-13-29(25,26)23-18-12-11-15(22)14-17(18)20(19(23)21(24)27-5-2)28(3)16-9-7-6-8-10-16/h4,6-12,14H,1,5,13H2,2-3H3. The van der Waals surface area contributed by atoms with Crippen LogP contribution in [0.25, 0.3) is 10.9 Å². The van der Waals surface area contributed by atoms with Crippen molar-refractivity contribution in [3.63, 3.8) is 0 Å². The van der Waals surface area contributed by atoms with Crippen LogP contribution in [0, 0.1) is 0 Å². The Kier molecular flexibility index (Phi) is 6.47. The zero-order valence-corrected chi connectivity index (χ0v) is 18.6. The van der Waals surface area contributed by atoms with Crippen molar-refractivity contribution in [1.29, 1.82) is 0 Å². The molecule has 0 bridgehead atoms. The number of aromatic nitrogens is 1. The molecule has 1 unspecified atom stereocenters. The lowest BCUT2D eigenvalue weighted by Crippen LogP contribution is -2.26.